The Hall–Kier alpha value is -3.59. The summed E-state index contributed by atoms with van der Waals surface area (Å²) in [5.41, 5.74) is 2.87. The molecule has 0 amide bonds. The van der Waals surface area contributed by atoms with Gasteiger partial charge in [-0.3, -0.25) is 4.57 Å². The number of rotatable bonds is 4. The Morgan fingerprint density at radius 3 is 2.64 bits per heavy atom. The number of carbonyl (C=O) groups excluding carboxylic acids is 1. The molecule has 1 N–H and O–H groups in total. The van der Waals surface area contributed by atoms with E-state index in [4.69, 9.17) is 10.00 Å². The van der Waals surface area contributed by atoms with Crippen molar-refractivity contribution in [3.05, 3.63) is 87.6 Å². The Bertz CT molecular complexity index is 1010. The number of nitrogens with zero attached hydrogens (tertiary/aromatic N) is 2. The average Bonchev–Trinajstić information content (AvgIpc) is 2.98. The Labute approximate surface area is 143 Å². The summed E-state index contributed by atoms with van der Waals surface area (Å²) in [6.07, 6.45) is 1.62. The van der Waals surface area contributed by atoms with E-state index in [0.717, 1.165) is 11.3 Å². The molecule has 25 heavy (non-hydrogen) atoms. The van der Waals surface area contributed by atoms with Gasteiger partial charge < -0.3 is 9.72 Å². The fourth-order valence-corrected chi connectivity index (χ4v) is 2.49. The van der Waals surface area contributed by atoms with Gasteiger partial charge in [0, 0.05) is 11.9 Å². The van der Waals surface area contributed by atoms with Crippen LogP contribution in [0.15, 0.2) is 59.5 Å². The van der Waals surface area contributed by atoms with E-state index < -0.39 is 5.97 Å². The number of hydrogen-bond acceptors (Lipinski definition) is 4. The van der Waals surface area contributed by atoms with Crippen molar-refractivity contribution in [2.24, 2.45) is 0 Å². The fourth-order valence-electron chi connectivity index (χ4n) is 2.49. The summed E-state index contributed by atoms with van der Waals surface area (Å²) in [6.45, 7) is 1.90. The molecule has 2 aromatic carbocycles. The number of ether oxygens (including phenoxy) is 1. The maximum absolute atomic E-state index is 12.1. The Balaban J connectivity index is 1.71. The summed E-state index contributed by atoms with van der Waals surface area (Å²) in [4.78, 5) is 26.5. The zero-order valence-corrected chi connectivity index (χ0v) is 13.5. The van der Waals surface area contributed by atoms with Gasteiger partial charge in [-0.15, -0.1) is 0 Å². The number of carbonyl (C=O) groups is 1. The summed E-state index contributed by atoms with van der Waals surface area (Å²) in [7, 11) is 0. The normalized spacial score (nSPS) is 10.2. The summed E-state index contributed by atoms with van der Waals surface area (Å²) in [5, 5.41) is 8.88. The fraction of sp³-hybridized carbons (Fsp3) is 0.105. The molecule has 3 aromatic rings. The summed E-state index contributed by atoms with van der Waals surface area (Å²) < 4.78 is 6.78. The molecule has 3 rings (SSSR count). The molecule has 0 aliphatic rings. The van der Waals surface area contributed by atoms with E-state index in [2.05, 4.69) is 4.98 Å². The molecule has 1 aromatic heterocycles. The third-order valence-corrected chi connectivity index (χ3v) is 3.75. The number of imidazole rings is 1. The van der Waals surface area contributed by atoms with Crippen molar-refractivity contribution in [3.63, 3.8) is 0 Å². The van der Waals surface area contributed by atoms with Gasteiger partial charge in [0.2, 0.25) is 0 Å². The van der Waals surface area contributed by atoms with E-state index in [1.807, 2.05) is 13.0 Å². The van der Waals surface area contributed by atoms with Crippen LogP contribution in [0.4, 0.5) is 0 Å². The van der Waals surface area contributed by atoms with E-state index >= 15 is 0 Å². The lowest BCUT2D eigenvalue weighted by molar-refractivity contribution is 0.0472. The predicted molar refractivity (Wildman–Crippen MR) is 91.4 cm³/mol. The van der Waals surface area contributed by atoms with Crippen LogP contribution in [0.3, 0.4) is 0 Å². The van der Waals surface area contributed by atoms with Crippen molar-refractivity contribution in [1.29, 1.82) is 5.26 Å². The van der Waals surface area contributed by atoms with Crippen molar-refractivity contribution in [2.75, 3.05) is 0 Å². The number of aryl methyl sites for hydroxylation is 1. The molecule has 0 fully saturated rings. The number of esters is 1. The van der Waals surface area contributed by atoms with Gasteiger partial charge in [-0.25, -0.2) is 9.59 Å². The number of aromatic amines is 1. The smallest absolute Gasteiger partial charge is 0.338 e. The number of H-pyrrole nitrogens is 1. The van der Waals surface area contributed by atoms with Crippen LogP contribution in [-0.2, 0) is 11.3 Å². The van der Waals surface area contributed by atoms with Crippen LogP contribution in [0.1, 0.15) is 27.2 Å². The van der Waals surface area contributed by atoms with Crippen LogP contribution in [-0.4, -0.2) is 15.5 Å². The highest BCUT2D eigenvalue weighted by Crippen LogP contribution is 2.12. The lowest BCUT2D eigenvalue weighted by Gasteiger charge is -2.07. The summed E-state index contributed by atoms with van der Waals surface area (Å²) >= 11 is 0. The molecule has 0 spiro atoms. The number of aromatic nitrogens is 2. The molecule has 0 saturated heterocycles. The first-order valence-electron chi connectivity index (χ1n) is 7.62. The maximum Gasteiger partial charge on any atom is 0.338 e. The molecule has 0 aliphatic carbocycles. The van der Waals surface area contributed by atoms with Gasteiger partial charge in [-0.1, -0.05) is 12.1 Å². The van der Waals surface area contributed by atoms with E-state index in [1.54, 1.807) is 54.7 Å². The molecule has 0 aliphatic heterocycles. The highest BCUT2D eigenvalue weighted by Gasteiger charge is 2.10. The minimum Gasteiger partial charge on any atom is -0.457 e. The molecule has 0 saturated carbocycles. The first-order chi connectivity index (χ1) is 12.1. The molecule has 1 heterocycles. The highest BCUT2D eigenvalue weighted by atomic mass is 16.5. The second-order valence-electron chi connectivity index (χ2n) is 5.51. The largest absolute Gasteiger partial charge is 0.457 e. The SMILES string of the molecule is Cc1c[nH]c(=O)n1-c1ccc(C(=O)OCc2cccc(C#N)c2)cc1. The van der Waals surface area contributed by atoms with E-state index in [9.17, 15) is 9.59 Å². The van der Waals surface area contributed by atoms with Crippen LogP contribution in [0.2, 0.25) is 0 Å². The van der Waals surface area contributed by atoms with E-state index in [-0.39, 0.29) is 12.3 Å². The number of nitriles is 1. The van der Waals surface area contributed by atoms with Crippen LogP contribution in [0.5, 0.6) is 0 Å². The topological polar surface area (TPSA) is 87.9 Å². The van der Waals surface area contributed by atoms with Gasteiger partial charge in [-0.05, 0) is 48.9 Å². The second kappa shape index (κ2) is 6.89. The van der Waals surface area contributed by atoms with Gasteiger partial charge in [0.05, 0.1) is 22.9 Å². The molecule has 6 nitrogen and oxygen atoms in total. The number of benzene rings is 2. The van der Waals surface area contributed by atoms with Gasteiger partial charge in [0.1, 0.15) is 6.61 Å². The van der Waals surface area contributed by atoms with Gasteiger partial charge in [0.25, 0.3) is 0 Å². The van der Waals surface area contributed by atoms with Crippen molar-refractivity contribution in [3.8, 4) is 11.8 Å². The zero-order chi connectivity index (χ0) is 17.8. The number of nitrogens with one attached hydrogen (secondary N) is 1. The lowest BCUT2D eigenvalue weighted by atomic mass is 10.1. The maximum atomic E-state index is 12.1. The van der Waals surface area contributed by atoms with E-state index in [1.165, 1.54) is 4.57 Å². The van der Waals surface area contributed by atoms with Gasteiger partial charge >= 0.3 is 11.7 Å². The highest BCUT2D eigenvalue weighted by molar-refractivity contribution is 5.89. The van der Waals surface area contributed by atoms with E-state index in [0.29, 0.717) is 16.8 Å². The minimum atomic E-state index is -0.466. The van der Waals surface area contributed by atoms with Crippen molar-refractivity contribution >= 4 is 5.97 Å². The van der Waals surface area contributed by atoms with Crippen molar-refractivity contribution < 1.29 is 9.53 Å². The first-order valence-corrected chi connectivity index (χ1v) is 7.62. The predicted octanol–water partition coefficient (Wildman–Crippen LogP) is 2.70. The Morgan fingerprint density at radius 1 is 1.24 bits per heavy atom. The Morgan fingerprint density at radius 2 is 2.00 bits per heavy atom. The third-order valence-electron chi connectivity index (χ3n) is 3.75. The minimum absolute atomic E-state index is 0.0898. The molecular weight excluding hydrogens is 318 g/mol. The molecule has 0 radical (unpaired) electrons. The van der Waals surface area contributed by atoms with Crippen LogP contribution >= 0.6 is 0 Å². The van der Waals surface area contributed by atoms with Gasteiger partial charge in [0.15, 0.2) is 0 Å². The molecule has 0 unspecified atom stereocenters. The average molecular weight is 333 g/mol. The second-order valence-corrected chi connectivity index (χ2v) is 5.51. The monoisotopic (exact) mass is 333 g/mol. The Kier molecular flexibility index (Phi) is 4.48. The first kappa shape index (κ1) is 16.3. The molecule has 124 valence electrons. The molecule has 0 atom stereocenters. The lowest BCUT2D eigenvalue weighted by Crippen LogP contribution is -2.16. The molecule has 0 bridgehead atoms. The standard InChI is InChI=1S/C19H15N3O3/c1-13-11-21-19(24)22(13)17-7-5-16(6-8-17)18(23)25-12-15-4-2-3-14(9-15)10-20/h2-9,11H,12H2,1H3,(H,21,24). The van der Waals surface area contributed by atoms with Crippen molar-refractivity contribution in [2.45, 2.75) is 13.5 Å². The number of hydrogen-bond donors (Lipinski definition) is 1. The quantitative estimate of drug-likeness (QED) is 0.744. The molecule has 6 heteroatoms. The third kappa shape index (κ3) is 3.51. The van der Waals surface area contributed by atoms with Crippen LogP contribution in [0, 0.1) is 18.3 Å². The zero-order valence-electron chi connectivity index (χ0n) is 13.5. The van der Waals surface area contributed by atoms with Crippen LogP contribution in [0.25, 0.3) is 5.69 Å². The van der Waals surface area contributed by atoms with Crippen LogP contribution < -0.4 is 5.69 Å². The van der Waals surface area contributed by atoms with Crippen molar-refractivity contribution in [1.82, 2.24) is 9.55 Å². The summed E-state index contributed by atoms with van der Waals surface area (Å²) in [5.74, 6) is -0.466. The molecular formula is C19H15N3O3. The summed E-state index contributed by atoms with van der Waals surface area (Å²) in [6, 6.07) is 15.6. The van der Waals surface area contributed by atoms with Gasteiger partial charge in [-0.2, -0.15) is 5.26 Å².